The van der Waals surface area contributed by atoms with E-state index in [1.165, 1.54) is 25.2 Å². The Labute approximate surface area is 162 Å². The molecular weight excluding hydrogens is 362 g/mol. The standard InChI is InChI=1S/C21H21NO6/c1-26-17-7-8-19(16(9-17)12-23)28-13-20(24)22-11-15-6-4-3-5-14(15)10-18(22)21(25)27-2/h3-9,12,18H,10-11,13H2,1-2H3/t18-/m1/s1. The van der Waals surface area contributed by atoms with Gasteiger partial charge in [0.05, 0.1) is 19.8 Å². The number of hydrogen-bond donors (Lipinski definition) is 0. The normalized spacial score (nSPS) is 15.4. The predicted octanol–water partition coefficient (Wildman–Crippen LogP) is 2.01. The maximum atomic E-state index is 12.8. The van der Waals surface area contributed by atoms with Gasteiger partial charge in [-0.3, -0.25) is 9.59 Å². The summed E-state index contributed by atoms with van der Waals surface area (Å²) >= 11 is 0. The molecule has 1 aliphatic rings. The lowest BCUT2D eigenvalue weighted by atomic mass is 9.94. The maximum Gasteiger partial charge on any atom is 0.328 e. The van der Waals surface area contributed by atoms with Gasteiger partial charge >= 0.3 is 5.97 Å². The van der Waals surface area contributed by atoms with Gasteiger partial charge < -0.3 is 19.1 Å². The summed E-state index contributed by atoms with van der Waals surface area (Å²) in [6, 6.07) is 11.7. The highest BCUT2D eigenvalue weighted by Crippen LogP contribution is 2.26. The molecule has 146 valence electrons. The van der Waals surface area contributed by atoms with Crippen LogP contribution in [0.1, 0.15) is 21.5 Å². The average Bonchev–Trinajstić information content (AvgIpc) is 2.75. The van der Waals surface area contributed by atoms with Crippen molar-refractivity contribution in [2.24, 2.45) is 0 Å². The smallest absolute Gasteiger partial charge is 0.328 e. The van der Waals surface area contributed by atoms with Crippen molar-refractivity contribution < 1.29 is 28.6 Å². The van der Waals surface area contributed by atoms with Crippen molar-refractivity contribution in [1.82, 2.24) is 4.90 Å². The third-order valence-electron chi connectivity index (χ3n) is 4.74. The fraction of sp³-hybridized carbons (Fsp3) is 0.286. The van der Waals surface area contributed by atoms with E-state index in [2.05, 4.69) is 0 Å². The molecule has 2 aromatic rings. The number of methoxy groups -OCH3 is 2. The minimum absolute atomic E-state index is 0.274. The molecule has 7 nitrogen and oxygen atoms in total. The Hall–Kier alpha value is -3.35. The van der Waals surface area contributed by atoms with Crippen LogP contribution in [0.4, 0.5) is 0 Å². The Bertz CT molecular complexity index is 894. The van der Waals surface area contributed by atoms with Crippen LogP contribution in [-0.4, -0.2) is 49.9 Å². The highest BCUT2D eigenvalue weighted by molar-refractivity contribution is 5.86. The number of esters is 1. The third-order valence-corrected chi connectivity index (χ3v) is 4.74. The van der Waals surface area contributed by atoms with Gasteiger partial charge in [-0.15, -0.1) is 0 Å². The van der Waals surface area contributed by atoms with Crippen molar-refractivity contribution in [2.45, 2.75) is 19.0 Å². The molecule has 7 heteroatoms. The van der Waals surface area contributed by atoms with Gasteiger partial charge in [0.25, 0.3) is 5.91 Å². The monoisotopic (exact) mass is 383 g/mol. The van der Waals surface area contributed by atoms with Gasteiger partial charge in [0.1, 0.15) is 17.5 Å². The first-order valence-corrected chi connectivity index (χ1v) is 8.77. The van der Waals surface area contributed by atoms with Crippen LogP contribution in [0.2, 0.25) is 0 Å². The maximum absolute atomic E-state index is 12.8. The van der Waals surface area contributed by atoms with Crippen molar-refractivity contribution in [1.29, 1.82) is 0 Å². The fourth-order valence-corrected chi connectivity index (χ4v) is 3.23. The summed E-state index contributed by atoms with van der Waals surface area (Å²) in [6.07, 6.45) is 1.02. The van der Waals surface area contributed by atoms with Crippen LogP contribution in [0.15, 0.2) is 42.5 Å². The first-order valence-electron chi connectivity index (χ1n) is 8.77. The molecule has 1 aliphatic heterocycles. The quantitative estimate of drug-likeness (QED) is 0.561. The van der Waals surface area contributed by atoms with Crippen LogP contribution in [0.5, 0.6) is 11.5 Å². The van der Waals surface area contributed by atoms with Crippen LogP contribution in [0, 0.1) is 0 Å². The largest absolute Gasteiger partial charge is 0.497 e. The van der Waals surface area contributed by atoms with Gasteiger partial charge in [0.15, 0.2) is 12.9 Å². The van der Waals surface area contributed by atoms with Crippen molar-refractivity contribution in [3.63, 3.8) is 0 Å². The van der Waals surface area contributed by atoms with E-state index in [0.717, 1.165) is 11.1 Å². The number of aldehydes is 1. The Kier molecular flexibility index (Phi) is 5.93. The van der Waals surface area contributed by atoms with Crippen molar-refractivity contribution >= 4 is 18.2 Å². The SMILES string of the molecule is COC(=O)[C@H]1Cc2ccccc2CN1C(=O)COc1ccc(OC)cc1C=O. The summed E-state index contributed by atoms with van der Waals surface area (Å²) in [5, 5.41) is 0. The molecule has 0 saturated heterocycles. The zero-order valence-electron chi connectivity index (χ0n) is 15.7. The second-order valence-electron chi connectivity index (χ2n) is 6.34. The minimum Gasteiger partial charge on any atom is -0.497 e. The molecule has 2 aromatic carbocycles. The second kappa shape index (κ2) is 8.56. The molecule has 0 N–H and O–H groups in total. The Balaban J connectivity index is 1.77. The van der Waals surface area contributed by atoms with Gasteiger partial charge in [0, 0.05) is 13.0 Å². The van der Waals surface area contributed by atoms with Crippen LogP contribution in [0.25, 0.3) is 0 Å². The summed E-state index contributed by atoms with van der Waals surface area (Å²) in [5.74, 6) is -0.0474. The second-order valence-corrected chi connectivity index (χ2v) is 6.34. The van der Waals surface area contributed by atoms with Crippen LogP contribution in [-0.2, 0) is 27.3 Å². The lowest BCUT2D eigenvalue weighted by molar-refractivity contribution is -0.154. The van der Waals surface area contributed by atoms with Gasteiger partial charge in [-0.25, -0.2) is 4.79 Å². The number of fused-ring (bicyclic) bond motifs is 1. The van der Waals surface area contributed by atoms with E-state index in [4.69, 9.17) is 14.2 Å². The van der Waals surface area contributed by atoms with Crippen LogP contribution in [0.3, 0.4) is 0 Å². The molecule has 0 radical (unpaired) electrons. The highest BCUT2D eigenvalue weighted by Gasteiger charge is 2.35. The van der Waals surface area contributed by atoms with E-state index < -0.39 is 12.0 Å². The van der Waals surface area contributed by atoms with E-state index in [9.17, 15) is 14.4 Å². The Morgan fingerprint density at radius 2 is 1.89 bits per heavy atom. The zero-order chi connectivity index (χ0) is 20.1. The Morgan fingerprint density at radius 1 is 1.14 bits per heavy atom. The zero-order valence-corrected chi connectivity index (χ0v) is 15.7. The highest BCUT2D eigenvalue weighted by atomic mass is 16.5. The molecule has 28 heavy (non-hydrogen) atoms. The molecule has 0 unspecified atom stereocenters. The van der Waals surface area contributed by atoms with E-state index in [1.807, 2.05) is 24.3 Å². The van der Waals surface area contributed by atoms with Gasteiger partial charge in [0.2, 0.25) is 0 Å². The topological polar surface area (TPSA) is 82.1 Å². The first-order chi connectivity index (χ1) is 13.6. The molecule has 3 rings (SSSR count). The molecule has 1 atom stereocenters. The van der Waals surface area contributed by atoms with Gasteiger partial charge in [-0.1, -0.05) is 24.3 Å². The van der Waals surface area contributed by atoms with E-state index in [-0.39, 0.29) is 23.8 Å². The molecule has 0 saturated carbocycles. The van der Waals surface area contributed by atoms with Crippen molar-refractivity contribution in [3.05, 3.63) is 59.2 Å². The number of ether oxygens (including phenoxy) is 3. The van der Waals surface area contributed by atoms with E-state index >= 15 is 0 Å². The molecular formula is C21H21NO6. The molecule has 1 heterocycles. The molecule has 0 aromatic heterocycles. The lowest BCUT2D eigenvalue weighted by Gasteiger charge is -2.35. The van der Waals surface area contributed by atoms with Gasteiger partial charge in [-0.05, 0) is 29.3 Å². The number of nitrogens with zero attached hydrogens (tertiary/aromatic N) is 1. The number of benzene rings is 2. The summed E-state index contributed by atoms with van der Waals surface area (Å²) in [7, 11) is 2.80. The summed E-state index contributed by atoms with van der Waals surface area (Å²) in [5.41, 5.74) is 2.27. The fourth-order valence-electron chi connectivity index (χ4n) is 3.23. The van der Waals surface area contributed by atoms with Crippen molar-refractivity contribution in [3.8, 4) is 11.5 Å². The number of carbonyl (C=O) groups excluding carboxylic acids is 3. The predicted molar refractivity (Wildman–Crippen MR) is 100 cm³/mol. The molecule has 0 fully saturated rings. The number of amides is 1. The number of carbonyl (C=O) groups is 3. The summed E-state index contributed by atoms with van der Waals surface area (Å²) in [4.78, 5) is 37.8. The Morgan fingerprint density at radius 3 is 2.57 bits per heavy atom. The first kappa shape index (κ1) is 19.4. The van der Waals surface area contributed by atoms with Crippen LogP contribution >= 0.6 is 0 Å². The van der Waals surface area contributed by atoms with Gasteiger partial charge in [-0.2, -0.15) is 0 Å². The molecule has 0 aliphatic carbocycles. The molecule has 0 bridgehead atoms. The average molecular weight is 383 g/mol. The summed E-state index contributed by atoms with van der Waals surface area (Å²) in [6.45, 7) is -0.00981. The number of hydrogen-bond acceptors (Lipinski definition) is 6. The van der Waals surface area contributed by atoms with E-state index in [0.29, 0.717) is 25.0 Å². The third kappa shape index (κ3) is 3.98. The summed E-state index contributed by atoms with van der Waals surface area (Å²) < 4.78 is 15.5. The minimum atomic E-state index is -0.711. The van der Waals surface area contributed by atoms with E-state index in [1.54, 1.807) is 12.1 Å². The van der Waals surface area contributed by atoms with Crippen molar-refractivity contribution in [2.75, 3.05) is 20.8 Å². The number of rotatable bonds is 6. The molecule has 0 spiro atoms. The molecule has 1 amide bonds. The lowest BCUT2D eigenvalue weighted by Crippen LogP contribution is -2.50. The van der Waals surface area contributed by atoms with Crippen LogP contribution < -0.4 is 9.47 Å².